The number of aryl methyl sites for hydroxylation is 2. The molecule has 1 atom stereocenters. The van der Waals surface area contributed by atoms with Crippen LogP contribution in [-0.4, -0.2) is 41.0 Å². The van der Waals surface area contributed by atoms with Gasteiger partial charge in [0.05, 0.1) is 11.1 Å². The number of nitrogens with zero attached hydrogens (tertiary/aromatic N) is 1. The largest absolute Gasteiger partial charge is 0.353 e. The van der Waals surface area contributed by atoms with Gasteiger partial charge in [-0.3, -0.25) is 19.3 Å². The number of benzene rings is 2. The highest BCUT2D eigenvalue weighted by Gasteiger charge is 2.40. The van der Waals surface area contributed by atoms with E-state index in [2.05, 4.69) is 37.4 Å². The predicted molar refractivity (Wildman–Crippen MR) is 106 cm³/mol. The summed E-state index contributed by atoms with van der Waals surface area (Å²) in [6.45, 7) is 6.19. The van der Waals surface area contributed by atoms with Crippen LogP contribution >= 0.6 is 11.8 Å². The number of nitrogens with one attached hydrogen (secondary N) is 1. The van der Waals surface area contributed by atoms with Crippen LogP contribution in [0.25, 0.3) is 0 Å². The molecular formula is C21H22N2O3S. The molecule has 0 aromatic heterocycles. The van der Waals surface area contributed by atoms with E-state index in [0.717, 1.165) is 9.80 Å². The molecule has 3 amide bonds. The number of fused-ring (bicyclic) bond motifs is 1. The summed E-state index contributed by atoms with van der Waals surface area (Å²) in [5.74, 6) is -0.445. The van der Waals surface area contributed by atoms with E-state index in [4.69, 9.17) is 0 Å². The van der Waals surface area contributed by atoms with Gasteiger partial charge in [-0.15, -0.1) is 11.8 Å². The maximum atomic E-state index is 12.4. The van der Waals surface area contributed by atoms with Gasteiger partial charge in [0, 0.05) is 17.2 Å². The summed E-state index contributed by atoms with van der Waals surface area (Å²) in [7, 11) is 0. The predicted octanol–water partition coefficient (Wildman–Crippen LogP) is 3.20. The molecule has 2 aromatic carbocycles. The minimum atomic E-state index is -0.844. The first-order valence-electron chi connectivity index (χ1n) is 8.85. The first-order chi connectivity index (χ1) is 12.9. The second-order valence-corrected chi connectivity index (χ2v) is 7.76. The molecule has 140 valence electrons. The summed E-state index contributed by atoms with van der Waals surface area (Å²) in [5.41, 5.74) is 3.20. The number of carbonyl (C=O) groups excluding carboxylic acids is 3. The molecule has 0 radical (unpaired) electrons. The average Bonchev–Trinajstić information content (AvgIpc) is 2.92. The van der Waals surface area contributed by atoms with Crippen molar-refractivity contribution in [2.45, 2.75) is 31.7 Å². The van der Waals surface area contributed by atoms with Crippen molar-refractivity contribution in [3.8, 4) is 0 Å². The summed E-state index contributed by atoms with van der Waals surface area (Å²) in [6, 6.07) is 12.1. The van der Waals surface area contributed by atoms with Crippen molar-refractivity contribution in [2.75, 3.05) is 12.3 Å². The van der Waals surface area contributed by atoms with E-state index in [9.17, 15) is 14.4 Å². The van der Waals surface area contributed by atoms with Crippen molar-refractivity contribution >= 4 is 29.5 Å². The molecule has 0 saturated carbocycles. The molecule has 0 bridgehead atoms. The Bertz CT molecular complexity index is 875. The molecule has 0 spiro atoms. The number of imide groups is 1. The Morgan fingerprint density at radius 1 is 1.04 bits per heavy atom. The molecule has 0 aliphatic carbocycles. The minimum absolute atomic E-state index is 0.329. The molecular weight excluding hydrogens is 360 g/mol. The van der Waals surface area contributed by atoms with E-state index in [1.54, 1.807) is 43.0 Å². The van der Waals surface area contributed by atoms with Gasteiger partial charge >= 0.3 is 0 Å². The summed E-state index contributed by atoms with van der Waals surface area (Å²) in [4.78, 5) is 39.5. The van der Waals surface area contributed by atoms with Crippen LogP contribution in [0.5, 0.6) is 0 Å². The lowest BCUT2D eigenvalue weighted by molar-refractivity contribution is -0.124. The summed E-state index contributed by atoms with van der Waals surface area (Å²) < 4.78 is 0. The second kappa shape index (κ2) is 7.96. The second-order valence-electron chi connectivity index (χ2n) is 6.59. The molecule has 1 heterocycles. The van der Waals surface area contributed by atoms with Gasteiger partial charge in [-0.25, -0.2) is 0 Å². The zero-order chi connectivity index (χ0) is 19.6. The Kier molecular flexibility index (Phi) is 5.65. The summed E-state index contributed by atoms with van der Waals surface area (Å²) >= 11 is 1.66. The number of hydrogen-bond donors (Lipinski definition) is 1. The van der Waals surface area contributed by atoms with Gasteiger partial charge in [-0.05, 0) is 56.2 Å². The summed E-state index contributed by atoms with van der Waals surface area (Å²) in [6.07, 6.45) is 0. The third-order valence-corrected chi connectivity index (χ3v) is 5.74. The molecule has 0 saturated heterocycles. The molecule has 5 nitrogen and oxygen atoms in total. The first-order valence-corrected chi connectivity index (χ1v) is 9.83. The lowest BCUT2D eigenvalue weighted by Crippen LogP contribution is -2.48. The standard InChI is InChI=1S/C21H22N2O3S/c1-13-8-9-16(12-14(13)2)27-11-10-22-19(24)15(3)23-20(25)17-6-4-5-7-18(17)21(23)26/h4-9,12,15H,10-11H2,1-3H3,(H,22,24)/t15-/m1/s1. The third kappa shape index (κ3) is 3.90. The zero-order valence-corrected chi connectivity index (χ0v) is 16.4. The van der Waals surface area contributed by atoms with Gasteiger partial charge in [0.2, 0.25) is 5.91 Å². The first kappa shape index (κ1) is 19.2. The number of rotatable bonds is 6. The van der Waals surface area contributed by atoms with E-state index in [-0.39, 0.29) is 5.91 Å². The lowest BCUT2D eigenvalue weighted by atomic mass is 10.1. The Morgan fingerprint density at radius 2 is 1.67 bits per heavy atom. The highest BCUT2D eigenvalue weighted by Crippen LogP contribution is 2.24. The van der Waals surface area contributed by atoms with Crippen LogP contribution in [0.1, 0.15) is 38.8 Å². The lowest BCUT2D eigenvalue weighted by Gasteiger charge is -2.21. The molecule has 27 heavy (non-hydrogen) atoms. The fraction of sp³-hybridized carbons (Fsp3) is 0.286. The molecule has 1 N–H and O–H groups in total. The molecule has 0 fully saturated rings. The van der Waals surface area contributed by atoms with Crippen molar-refractivity contribution in [3.05, 3.63) is 64.7 Å². The van der Waals surface area contributed by atoms with Gasteiger partial charge in [0.25, 0.3) is 11.8 Å². The number of amides is 3. The topological polar surface area (TPSA) is 66.5 Å². The van der Waals surface area contributed by atoms with Crippen molar-refractivity contribution in [2.24, 2.45) is 0 Å². The van der Waals surface area contributed by atoms with Crippen LogP contribution in [0, 0.1) is 13.8 Å². The van der Waals surface area contributed by atoms with Gasteiger partial charge in [0.15, 0.2) is 0 Å². The average molecular weight is 382 g/mol. The SMILES string of the molecule is Cc1ccc(SCCNC(=O)[C@@H](C)N2C(=O)c3ccccc3C2=O)cc1C. The van der Waals surface area contributed by atoms with Crippen LogP contribution in [0.4, 0.5) is 0 Å². The normalized spacial score (nSPS) is 14.3. The monoisotopic (exact) mass is 382 g/mol. The molecule has 3 rings (SSSR count). The molecule has 1 aliphatic rings. The molecule has 2 aromatic rings. The molecule has 0 unspecified atom stereocenters. The van der Waals surface area contributed by atoms with Gasteiger partial charge in [0.1, 0.15) is 6.04 Å². The fourth-order valence-corrected chi connectivity index (χ4v) is 3.84. The van der Waals surface area contributed by atoms with Gasteiger partial charge in [-0.2, -0.15) is 0 Å². The highest BCUT2D eigenvalue weighted by molar-refractivity contribution is 7.99. The van der Waals surface area contributed by atoms with E-state index in [1.165, 1.54) is 11.1 Å². The number of thioether (sulfide) groups is 1. The van der Waals surface area contributed by atoms with E-state index >= 15 is 0 Å². The van der Waals surface area contributed by atoms with Gasteiger partial charge in [-0.1, -0.05) is 18.2 Å². The van der Waals surface area contributed by atoms with Crippen molar-refractivity contribution < 1.29 is 14.4 Å². The minimum Gasteiger partial charge on any atom is -0.353 e. The fourth-order valence-electron chi connectivity index (χ4n) is 2.97. The van der Waals surface area contributed by atoms with Crippen LogP contribution < -0.4 is 5.32 Å². The number of carbonyl (C=O) groups is 3. The number of hydrogen-bond acceptors (Lipinski definition) is 4. The highest BCUT2D eigenvalue weighted by atomic mass is 32.2. The Labute approximate surface area is 163 Å². The van der Waals surface area contributed by atoms with Crippen LogP contribution in [0.3, 0.4) is 0 Å². The molecule has 1 aliphatic heterocycles. The van der Waals surface area contributed by atoms with Crippen LogP contribution in [0.2, 0.25) is 0 Å². The van der Waals surface area contributed by atoms with Crippen LogP contribution in [0.15, 0.2) is 47.4 Å². The Balaban J connectivity index is 1.53. The smallest absolute Gasteiger partial charge is 0.262 e. The zero-order valence-electron chi connectivity index (χ0n) is 15.6. The van der Waals surface area contributed by atoms with E-state index in [0.29, 0.717) is 23.4 Å². The van der Waals surface area contributed by atoms with Crippen molar-refractivity contribution in [1.29, 1.82) is 0 Å². The van der Waals surface area contributed by atoms with E-state index in [1.807, 2.05) is 0 Å². The van der Waals surface area contributed by atoms with Crippen molar-refractivity contribution in [3.63, 3.8) is 0 Å². The maximum Gasteiger partial charge on any atom is 0.262 e. The Morgan fingerprint density at radius 3 is 2.26 bits per heavy atom. The van der Waals surface area contributed by atoms with Crippen LogP contribution in [-0.2, 0) is 4.79 Å². The quantitative estimate of drug-likeness (QED) is 0.473. The summed E-state index contributed by atoms with van der Waals surface area (Å²) in [5, 5.41) is 2.82. The third-order valence-electron chi connectivity index (χ3n) is 4.74. The van der Waals surface area contributed by atoms with Crippen molar-refractivity contribution in [1.82, 2.24) is 10.2 Å². The maximum absolute atomic E-state index is 12.4. The Hall–Kier alpha value is -2.60. The van der Waals surface area contributed by atoms with E-state index < -0.39 is 17.9 Å². The van der Waals surface area contributed by atoms with Gasteiger partial charge < -0.3 is 5.32 Å². The molecule has 6 heteroatoms.